The summed E-state index contributed by atoms with van der Waals surface area (Å²) in [6.07, 6.45) is 1.55. The molecule has 0 aliphatic carbocycles. The molecule has 1 aromatic heterocycles. The number of guanidine groups is 1. The average Bonchev–Trinajstić information content (AvgIpc) is 3.04. The Kier molecular flexibility index (Phi) is 6.53. The van der Waals surface area contributed by atoms with Crippen LogP contribution in [0.1, 0.15) is 18.2 Å². The molecule has 0 saturated carbocycles. The van der Waals surface area contributed by atoms with E-state index in [0.717, 1.165) is 0 Å². The Morgan fingerprint density at radius 2 is 2.08 bits per heavy atom. The first-order valence-corrected chi connectivity index (χ1v) is 7.37. The fourth-order valence-corrected chi connectivity index (χ4v) is 1.98. The number of alkyl halides is 2. The van der Waals surface area contributed by atoms with Gasteiger partial charge >= 0.3 is 6.61 Å². The normalized spacial score (nSPS) is 11.6. The van der Waals surface area contributed by atoms with Crippen LogP contribution in [-0.2, 0) is 13.1 Å². The van der Waals surface area contributed by atoms with Gasteiger partial charge in [-0.15, -0.1) is 0 Å². The molecule has 0 radical (unpaired) electrons. The summed E-state index contributed by atoms with van der Waals surface area (Å²) < 4.78 is 48.3. The fraction of sp³-hybridized carbons (Fsp3) is 0.312. The third kappa shape index (κ3) is 5.22. The van der Waals surface area contributed by atoms with Crippen LogP contribution in [-0.4, -0.2) is 19.1 Å². The van der Waals surface area contributed by atoms with E-state index in [4.69, 9.17) is 4.42 Å². The Labute approximate surface area is 137 Å². The molecule has 0 bridgehead atoms. The number of hydrogen-bond acceptors (Lipinski definition) is 3. The van der Waals surface area contributed by atoms with Gasteiger partial charge in [0, 0.05) is 6.54 Å². The Morgan fingerprint density at radius 3 is 2.75 bits per heavy atom. The van der Waals surface area contributed by atoms with Gasteiger partial charge in [-0.25, -0.2) is 9.38 Å². The van der Waals surface area contributed by atoms with Crippen LogP contribution in [0.25, 0.3) is 0 Å². The van der Waals surface area contributed by atoms with Crippen molar-refractivity contribution in [2.45, 2.75) is 26.6 Å². The lowest BCUT2D eigenvalue weighted by Crippen LogP contribution is -2.36. The number of rotatable bonds is 7. The van der Waals surface area contributed by atoms with E-state index >= 15 is 0 Å². The molecule has 0 spiro atoms. The number of halogens is 3. The molecule has 8 heteroatoms. The quantitative estimate of drug-likeness (QED) is 0.599. The van der Waals surface area contributed by atoms with Crippen molar-refractivity contribution in [2.75, 3.05) is 6.54 Å². The van der Waals surface area contributed by atoms with Gasteiger partial charge in [0.2, 0.25) is 0 Å². The zero-order chi connectivity index (χ0) is 17.4. The first kappa shape index (κ1) is 17.7. The van der Waals surface area contributed by atoms with Gasteiger partial charge in [-0.05, 0) is 31.2 Å². The molecule has 0 atom stereocenters. The Balaban J connectivity index is 2.10. The number of nitrogens with zero attached hydrogens (tertiary/aromatic N) is 1. The minimum absolute atomic E-state index is 0.0343. The van der Waals surface area contributed by atoms with Gasteiger partial charge in [-0.2, -0.15) is 8.78 Å². The molecular weight excluding hydrogens is 323 g/mol. The van der Waals surface area contributed by atoms with Gasteiger partial charge < -0.3 is 19.8 Å². The molecule has 1 aromatic carbocycles. The SMILES string of the molecule is CCNC(=NCc1c(F)cccc1OC(F)F)NCc1ccco1. The van der Waals surface area contributed by atoms with Gasteiger partial charge in [-0.3, -0.25) is 0 Å². The molecule has 0 fully saturated rings. The highest BCUT2D eigenvalue weighted by Gasteiger charge is 2.13. The van der Waals surface area contributed by atoms with Crippen LogP contribution < -0.4 is 15.4 Å². The maximum atomic E-state index is 13.9. The van der Waals surface area contributed by atoms with Crippen LogP contribution in [0.15, 0.2) is 46.0 Å². The van der Waals surface area contributed by atoms with Gasteiger partial charge in [0.25, 0.3) is 0 Å². The monoisotopic (exact) mass is 341 g/mol. The van der Waals surface area contributed by atoms with Crippen molar-refractivity contribution >= 4 is 5.96 Å². The Hall–Kier alpha value is -2.64. The number of hydrogen-bond donors (Lipinski definition) is 2. The molecular formula is C16H18F3N3O2. The second-order valence-electron chi connectivity index (χ2n) is 4.72. The highest BCUT2D eigenvalue weighted by molar-refractivity contribution is 5.79. The molecule has 1 heterocycles. The van der Waals surface area contributed by atoms with Crippen molar-refractivity contribution in [2.24, 2.45) is 4.99 Å². The van der Waals surface area contributed by atoms with E-state index in [1.54, 1.807) is 18.4 Å². The van der Waals surface area contributed by atoms with Crippen LogP contribution in [0.3, 0.4) is 0 Å². The summed E-state index contributed by atoms with van der Waals surface area (Å²) in [5.41, 5.74) is -0.0343. The van der Waals surface area contributed by atoms with Gasteiger partial charge in [0.1, 0.15) is 17.3 Å². The zero-order valence-corrected chi connectivity index (χ0v) is 13.1. The summed E-state index contributed by atoms with van der Waals surface area (Å²) in [6, 6.07) is 7.31. The molecule has 0 unspecified atom stereocenters. The highest BCUT2D eigenvalue weighted by Crippen LogP contribution is 2.24. The van der Waals surface area contributed by atoms with Crippen LogP contribution in [0.4, 0.5) is 13.2 Å². The van der Waals surface area contributed by atoms with Crippen LogP contribution in [0.5, 0.6) is 5.75 Å². The van der Waals surface area contributed by atoms with Crippen LogP contribution in [0, 0.1) is 5.82 Å². The summed E-state index contributed by atoms with van der Waals surface area (Å²) in [6.45, 7) is -0.335. The van der Waals surface area contributed by atoms with E-state index in [1.165, 1.54) is 18.2 Å². The largest absolute Gasteiger partial charge is 0.467 e. The number of ether oxygens (including phenoxy) is 1. The third-order valence-electron chi connectivity index (χ3n) is 3.04. The predicted molar refractivity (Wildman–Crippen MR) is 83.4 cm³/mol. The van der Waals surface area contributed by atoms with Gasteiger partial charge in [0.15, 0.2) is 5.96 Å². The maximum absolute atomic E-state index is 13.9. The van der Waals surface area contributed by atoms with Crippen LogP contribution in [0.2, 0.25) is 0 Å². The van der Waals surface area contributed by atoms with Crippen molar-refractivity contribution < 1.29 is 22.3 Å². The van der Waals surface area contributed by atoms with Crippen molar-refractivity contribution in [3.63, 3.8) is 0 Å². The van der Waals surface area contributed by atoms with E-state index in [0.29, 0.717) is 24.8 Å². The van der Waals surface area contributed by atoms with E-state index in [1.807, 2.05) is 6.92 Å². The van der Waals surface area contributed by atoms with E-state index in [9.17, 15) is 13.2 Å². The second-order valence-corrected chi connectivity index (χ2v) is 4.72. The Morgan fingerprint density at radius 1 is 1.25 bits per heavy atom. The molecule has 2 rings (SSSR count). The maximum Gasteiger partial charge on any atom is 0.387 e. The second kappa shape index (κ2) is 8.85. The minimum Gasteiger partial charge on any atom is -0.467 e. The lowest BCUT2D eigenvalue weighted by Gasteiger charge is -2.12. The van der Waals surface area contributed by atoms with E-state index in [-0.39, 0.29) is 17.9 Å². The summed E-state index contributed by atoms with van der Waals surface area (Å²) in [4.78, 5) is 4.20. The molecule has 0 aliphatic heterocycles. The molecule has 24 heavy (non-hydrogen) atoms. The first-order valence-electron chi connectivity index (χ1n) is 7.37. The summed E-state index contributed by atoms with van der Waals surface area (Å²) in [7, 11) is 0. The summed E-state index contributed by atoms with van der Waals surface area (Å²) in [5, 5.41) is 5.99. The number of aliphatic imine (C=N–C) groups is 1. The van der Waals surface area contributed by atoms with Crippen molar-refractivity contribution in [1.29, 1.82) is 0 Å². The third-order valence-corrected chi connectivity index (χ3v) is 3.04. The lowest BCUT2D eigenvalue weighted by molar-refractivity contribution is -0.0506. The lowest BCUT2D eigenvalue weighted by atomic mass is 10.2. The van der Waals surface area contributed by atoms with E-state index in [2.05, 4.69) is 20.4 Å². The van der Waals surface area contributed by atoms with Crippen LogP contribution >= 0.6 is 0 Å². The number of nitrogens with one attached hydrogen (secondary N) is 2. The van der Waals surface area contributed by atoms with Crippen molar-refractivity contribution in [3.8, 4) is 5.75 Å². The van der Waals surface area contributed by atoms with Crippen molar-refractivity contribution in [3.05, 3.63) is 53.7 Å². The molecule has 2 aromatic rings. The highest BCUT2D eigenvalue weighted by atomic mass is 19.3. The number of benzene rings is 1. The fourth-order valence-electron chi connectivity index (χ4n) is 1.98. The Bertz CT molecular complexity index is 661. The molecule has 0 saturated heterocycles. The minimum atomic E-state index is -3.03. The zero-order valence-electron chi connectivity index (χ0n) is 13.1. The molecule has 130 valence electrons. The van der Waals surface area contributed by atoms with Gasteiger partial charge in [-0.1, -0.05) is 6.07 Å². The number of furan rings is 1. The standard InChI is InChI=1S/C16H18F3N3O2/c1-2-20-16(21-9-11-5-4-8-23-11)22-10-12-13(17)6-3-7-14(12)24-15(18)19/h3-8,15H,2,9-10H2,1H3,(H2,20,21,22). The predicted octanol–water partition coefficient (Wildman–Crippen LogP) is 3.28. The summed E-state index contributed by atoms with van der Waals surface area (Å²) >= 11 is 0. The smallest absolute Gasteiger partial charge is 0.387 e. The molecule has 2 N–H and O–H groups in total. The average molecular weight is 341 g/mol. The first-order chi connectivity index (χ1) is 11.6. The van der Waals surface area contributed by atoms with E-state index < -0.39 is 12.4 Å². The topological polar surface area (TPSA) is 58.8 Å². The summed E-state index contributed by atoms with van der Waals surface area (Å²) in [5.74, 6) is 0.225. The van der Waals surface area contributed by atoms with Gasteiger partial charge in [0.05, 0.1) is 24.9 Å². The molecule has 0 aliphatic rings. The van der Waals surface area contributed by atoms with Crippen molar-refractivity contribution in [1.82, 2.24) is 10.6 Å². The molecule has 5 nitrogen and oxygen atoms in total. The molecule has 0 amide bonds.